The van der Waals surface area contributed by atoms with E-state index in [0.29, 0.717) is 19.5 Å². The molecule has 0 aliphatic carbocycles. The van der Waals surface area contributed by atoms with Crippen molar-refractivity contribution in [3.05, 3.63) is 0 Å². The molecule has 0 fully saturated rings. The van der Waals surface area contributed by atoms with E-state index in [-0.39, 0.29) is 5.91 Å². The molecule has 0 radical (unpaired) electrons. The lowest BCUT2D eigenvalue weighted by Gasteiger charge is -2.09. The third kappa shape index (κ3) is 4.70. The average molecular weight is 258 g/mol. The van der Waals surface area contributed by atoms with Gasteiger partial charge in [-0.15, -0.1) is 5.10 Å². The van der Waals surface area contributed by atoms with Crippen LogP contribution in [0.5, 0.6) is 0 Å². The maximum atomic E-state index is 11.3. The Morgan fingerprint density at radius 2 is 2.29 bits per heavy atom. The van der Waals surface area contributed by atoms with Crippen molar-refractivity contribution in [2.75, 3.05) is 26.4 Å². The summed E-state index contributed by atoms with van der Waals surface area (Å²) in [6, 6.07) is 0. The zero-order valence-corrected chi connectivity index (χ0v) is 11.0. The fourth-order valence-electron chi connectivity index (χ4n) is 1.17. The fraction of sp³-hybridized carbons (Fsp3) is 0.778. The third-order valence-corrected chi connectivity index (χ3v) is 3.15. The predicted octanol–water partition coefficient (Wildman–Crippen LogP) is -0.408. The standard InChI is InChI=1S/C9H18N6OS/c1-14(2)8(16)4-3-7-17-9-11-12-13-15(9)6-5-10/h3-7,10H2,1-2H3. The highest BCUT2D eigenvalue weighted by molar-refractivity contribution is 7.99. The van der Waals surface area contributed by atoms with E-state index in [9.17, 15) is 4.79 Å². The summed E-state index contributed by atoms with van der Waals surface area (Å²) in [5.74, 6) is 0.969. The Kier molecular flexibility index (Phi) is 5.92. The first-order valence-electron chi connectivity index (χ1n) is 5.44. The molecule has 1 heterocycles. The number of tetrazole rings is 1. The quantitative estimate of drug-likeness (QED) is 0.528. The lowest BCUT2D eigenvalue weighted by atomic mass is 10.3. The lowest BCUT2D eigenvalue weighted by Crippen LogP contribution is -2.21. The molecule has 0 saturated carbocycles. The highest BCUT2D eigenvalue weighted by atomic mass is 32.2. The molecule has 0 unspecified atom stereocenters. The number of aromatic nitrogens is 4. The lowest BCUT2D eigenvalue weighted by molar-refractivity contribution is -0.128. The van der Waals surface area contributed by atoms with E-state index in [1.165, 1.54) is 0 Å². The number of carbonyl (C=O) groups is 1. The molecule has 17 heavy (non-hydrogen) atoms. The van der Waals surface area contributed by atoms with Crippen LogP contribution in [0.15, 0.2) is 5.16 Å². The van der Waals surface area contributed by atoms with Gasteiger partial charge in [-0.25, -0.2) is 4.68 Å². The zero-order valence-electron chi connectivity index (χ0n) is 10.2. The van der Waals surface area contributed by atoms with Crippen LogP contribution >= 0.6 is 11.8 Å². The van der Waals surface area contributed by atoms with Crippen LogP contribution in [0.4, 0.5) is 0 Å². The van der Waals surface area contributed by atoms with Gasteiger partial charge < -0.3 is 10.6 Å². The topological polar surface area (TPSA) is 89.9 Å². The number of nitrogens with zero attached hydrogens (tertiary/aromatic N) is 5. The number of thioether (sulfide) groups is 1. The Morgan fingerprint density at radius 1 is 1.53 bits per heavy atom. The summed E-state index contributed by atoms with van der Waals surface area (Å²) in [4.78, 5) is 12.9. The maximum Gasteiger partial charge on any atom is 0.222 e. The third-order valence-electron chi connectivity index (χ3n) is 2.10. The molecule has 96 valence electrons. The van der Waals surface area contributed by atoms with Crippen LogP contribution in [0.25, 0.3) is 0 Å². The molecule has 0 bridgehead atoms. The molecule has 0 aliphatic rings. The van der Waals surface area contributed by atoms with Crippen molar-refractivity contribution in [1.82, 2.24) is 25.1 Å². The van der Waals surface area contributed by atoms with Crippen molar-refractivity contribution in [2.24, 2.45) is 5.73 Å². The zero-order chi connectivity index (χ0) is 12.7. The van der Waals surface area contributed by atoms with Crippen LogP contribution in [-0.2, 0) is 11.3 Å². The van der Waals surface area contributed by atoms with E-state index in [2.05, 4.69) is 15.5 Å². The van der Waals surface area contributed by atoms with E-state index >= 15 is 0 Å². The number of carbonyl (C=O) groups excluding carboxylic acids is 1. The second-order valence-corrected chi connectivity index (χ2v) is 4.78. The number of hydrogen-bond acceptors (Lipinski definition) is 6. The Balaban J connectivity index is 2.26. The minimum Gasteiger partial charge on any atom is -0.349 e. The smallest absolute Gasteiger partial charge is 0.222 e. The van der Waals surface area contributed by atoms with Crippen LogP contribution in [0.2, 0.25) is 0 Å². The minimum atomic E-state index is 0.146. The SMILES string of the molecule is CN(C)C(=O)CCCSc1nnnn1CCN. The molecule has 0 spiro atoms. The Morgan fingerprint density at radius 3 is 2.94 bits per heavy atom. The highest BCUT2D eigenvalue weighted by Gasteiger charge is 2.07. The molecule has 0 atom stereocenters. The van der Waals surface area contributed by atoms with Gasteiger partial charge in [0.25, 0.3) is 0 Å². The molecular weight excluding hydrogens is 240 g/mol. The van der Waals surface area contributed by atoms with Crippen LogP contribution in [0.3, 0.4) is 0 Å². The fourth-order valence-corrected chi connectivity index (χ4v) is 2.02. The molecular formula is C9H18N6OS. The number of rotatable bonds is 7. The van der Waals surface area contributed by atoms with Crippen molar-refractivity contribution in [2.45, 2.75) is 24.5 Å². The van der Waals surface area contributed by atoms with Crippen LogP contribution in [-0.4, -0.2) is 57.4 Å². The van der Waals surface area contributed by atoms with Gasteiger partial charge in [-0.3, -0.25) is 4.79 Å². The predicted molar refractivity (Wildman–Crippen MR) is 65.5 cm³/mol. The van der Waals surface area contributed by atoms with Gasteiger partial charge in [-0.2, -0.15) is 0 Å². The maximum absolute atomic E-state index is 11.3. The van der Waals surface area contributed by atoms with Crippen LogP contribution in [0.1, 0.15) is 12.8 Å². The molecule has 2 N–H and O–H groups in total. The van der Waals surface area contributed by atoms with Crippen molar-refractivity contribution in [1.29, 1.82) is 0 Å². The van der Waals surface area contributed by atoms with E-state index in [1.54, 1.807) is 35.4 Å². The second-order valence-electron chi connectivity index (χ2n) is 3.71. The summed E-state index contributed by atoms with van der Waals surface area (Å²) in [6.07, 6.45) is 1.37. The van der Waals surface area contributed by atoms with Crippen LogP contribution in [0, 0.1) is 0 Å². The summed E-state index contributed by atoms with van der Waals surface area (Å²) < 4.78 is 1.68. The molecule has 1 aromatic rings. The van der Waals surface area contributed by atoms with E-state index in [0.717, 1.165) is 17.3 Å². The minimum absolute atomic E-state index is 0.146. The number of hydrogen-bond donors (Lipinski definition) is 1. The molecule has 0 aliphatic heterocycles. The summed E-state index contributed by atoms with van der Waals surface area (Å²) in [6.45, 7) is 1.13. The van der Waals surface area contributed by atoms with Gasteiger partial charge in [0.15, 0.2) is 0 Å². The second kappa shape index (κ2) is 7.23. The molecule has 1 amide bonds. The average Bonchev–Trinajstić information content (AvgIpc) is 2.72. The first-order valence-corrected chi connectivity index (χ1v) is 6.43. The van der Waals surface area contributed by atoms with E-state index in [4.69, 9.17) is 5.73 Å². The van der Waals surface area contributed by atoms with Gasteiger partial charge >= 0.3 is 0 Å². The molecule has 0 saturated heterocycles. The molecule has 1 aromatic heterocycles. The Labute approximate surface area is 105 Å². The summed E-state index contributed by atoms with van der Waals surface area (Å²) in [5.41, 5.74) is 5.44. The Hall–Kier alpha value is -1.15. The van der Waals surface area contributed by atoms with E-state index in [1.807, 2.05) is 0 Å². The summed E-state index contributed by atoms with van der Waals surface area (Å²) in [5, 5.41) is 12.1. The first-order chi connectivity index (χ1) is 8.15. The van der Waals surface area contributed by atoms with Gasteiger partial charge in [0.05, 0.1) is 6.54 Å². The monoisotopic (exact) mass is 258 g/mol. The van der Waals surface area contributed by atoms with Crippen molar-refractivity contribution in [3.8, 4) is 0 Å². The summed E-state index contributed by atoms with van der Waals surface area (Å²) >= 11 is 1.55. The van der Waals surface area contributed by atoms with Gasteiger partial charge in [-0.05, 0) is 16.8 Å². The molecule has 0 aromatic carbocycles. The van der Waals surface area contributed by atoms with E-state index < -0.39 is 0 Å². The summed E-state index contributed by atoms with van der Waals surface area (Å²) in [7, 11) is 3.52. The van der Waals surface area contributed by atoms with Gasteiger partial charge in [0.1, 0.15) is 0 Å². The largest absolute Gasteiger partial charge is 0.349 e. The molecule has 1 rings (SSSR count). The van der Waals surface area contributed by atoms with Crippen molar-refractivity contribution >= 4 is 17.7 Å². The Bertz CT molecular complexity index is 353. The molecule has 8 heteroatoms. The first kappa shape index (κ1) is 13.9. The highest BCUT2D eigenvalue weighted by Crippen LogP contribution is 2.15. The van der Waals surface area contributed by atoms with Crippen molar-refractivity contribution < 1.29 is 4.79 Å². The number of amides is 1. The van der Waals surface area contributed by atoms with Gasteiger partial charge in [0, 0.05) is 32.8 Å². The number of nitrogens with two attached hydrogens (primary N) is 1. The normalized spacial score (nSPS) is 10.5. The van der Waals surface area contributed by atoms with Crippen LogP contribution < -0.4 is 5.73 Å². The molecule has 7 nitrogen and oxygen atoms in total. The van der Waals surface area contributed by atoms with Gasteiger partial charge in [0.2, 0.25) is 11.1 Å². The van der Waals surface area contributed by atoms with Gasteiger partial charge in [-0.1, -0.05) is 11.8 Å². The van der Waals surface area contributed by atoms with Crippen molar-refractivity contribution in [3.63, 3.8) is 0 Å².